The smallest absolute Gasteiger partial charge is 0.322 e. The van der Waals surface area contributed by atoms with Crippen LogP contribution in [0.15, 0.2) is 33.9 Å². The molecule has 0 saturated carbocycles. The van der Waals surface area contributed by atoms with Crippen LogP contribution in [-0.2, 0) is 6.54 Å². The van der Waals surface area contributed by atoms with Crippen molar-refractivity contribution < 1.29 is 4.79 Å². The highest BCUT2D eigenvalue weighted by atomic mass is 16.2. The van der Waals surface area contributed by atoms with Crippen LogP contribution in [0.25, 0.3) is 11.0 Å². The second-order valence-corrected chi connectivity index (χ2v) is 8.41. The average Bonchev–Trinajstić information content (AvgIpc) is 2.67. The Morgan fingerprint density at radius 1 is 1.17 bits per heavy atom. The number of aromatic amines is 1. The minimum atomic E-state index is -0.607. The van der Waals surface area contributed by atoms with Gasteiger partial charge in [-0.2, -0.15) is 0 Å². The van der Waals surface area contributed by atoms with E-state index in [-0.39, 0.29) is 28.4 Å². The van der Waals surface area contributed by atoms with Crippen LogP contribution in [0.3, 0.4) is 0 Å². The molecule has 7 heteroatoms. The summed E-state index contributed by atoms with van der Waals surface area (Å²) in [5.41, 5.74) is 2.68. The summed E-state index contributed by atoms with van der Waals surface area (Å²) >= 11 is 0. The summed E-state index contributed by atoms with van der Waals surface area (Å²) in [6.45, 7) is 12.2. The summed E-state index contributed by atoms with van der Waals surface area (Å²) < 4.78 is 1.45. The molecule has 2 aromatic heterocycles. The summed E-state index contributed by atoms with van der Waals surface area (Å²) in [4.78, 5) is 45.4. The van der Waals surface area contributed by atoms with Crippen molar-refractivity contribution in [2.24, 2.45) is 5.92 Å². The molecule has 158 valence electrons. The molecule has 0 fully saturated rings. The van der Waals surface area contributed by atoms with Gasteiger partial charge in [0.25, 0.3) is 11.5 Å². The van der Waals surface area contributed by atoms with Crippen molar-refractivity contribution in [3.63, 3.8) is 0 Å². The van der Waals surface area contributed by atoms with Crippen molar-refractivity contribution in [3.05, 3.63) is 67.5 Å². The van der Waals surface area contributed by atoms with E-state index >= 15 is 0 Å². The fourth-order valence-corrected chi connectivity index (χ4v) is 3.38. The number of carbonyl (C=O) groups is 1. The van der Waals surface area contributed by atoms with Gasteiger partial charge in [0, 0.05) is 17.9 Å². The van der Waals surface area contributed by atoms with Gasteiger partial charge in [-0.25, -0.2) is 9.78 Å². The summed E-state index contributed by atoms with van der Waals surface area (Å²) in [5.74, 6) is -0.227. The number of carbonyl (C=O) groups excluding carboxylic acids is 1. The number of amides is 1. The Balaban J connectivity index is 2.27. The Kier molecular flexibility index (Phi) is 5.92. The zero-order chi connectivity index (χ0) is 22.2. The van der Waals surface area contributed by atoms with E-state index in [1.807, 2.05) is 59.7 Å². The van der Waals surface area contributed by atoms with E-state index in [1.165, 1.54) is 4.57 Å². The molecule has 0 radical (unpaired) electrons. The fourth-order valence-electron chi connectivity index (χ4n) is 3.38. The lowest BCUT2D eigenvalue weighted by Gasteiger charge is -2.16. The SMILES string of the molecule is Cc1cccc(NC(=O)c2cc(C(C)C)nc3c2c(=O)[nH]c(=O)n3CC(C)C)c1C. The van der Waals surface area contributed by atoms with Crippen LogP contribution in [0.4, 0.5) is 5.69 Å². The predicted molar refractivity (Wildman–Crippen MR) is 119 cm³/mol. The van der Waals surface area contributed by atoms with Gasteiger partial charge in [-0.15, -0.1) is 0 Å². The molecule has 0 unspecified atom stereocenters. The number of nitrogens with zero attached hydrogens (tertiary/aromatic N) is 2. The van der Waals surface area contributed by atoms with E-state index in [0.717, 1.165) is 11.1 Å². The van der Waals surface area contributed by atoms with Crippen molar-refractivity contribution in [2.75, 3.05) is 5.32 Å². The molecule has 0 aliphatic rings. The van der Waals surface area contributed by atoms with Gasteiger partial charge in [-0.1, -0.05) is 39.8 Å². The third-order valence-electron chi connectivity index (χ3n) is 5.21. The van der Waals surface area contributed by atoms with Crippen LogP contribution in [0.1, 0.15) is 60.8 Å². The molecule has 0 spiro atoms. The number of rotatable bonds is 5. The van der Waals surface area contributed by atoms with Gasteiger partial charge in [0.1, 0.15) is 0 Å². The molecule has 0 aliphatic carbocycles. The molecule has 0 saturated heterocycles. The van der Waals surface area contributed by atoms with Gasteiger partial charge < -0.3 is 5.32 Å². The normalized spacial score (nSPS) is 11.5. The second kappa shape index (κ2) is 8.26. The molecular weight excluding hydrogens is 380 g/mol. The monoisotopic (exact) mass is 408 g/mol. The molecule has 0 aliphatic heterocycles. The highest BCUT2D eigenvalue weighted by Crippen LogP contribution is 2.23. The minimum Gasteiger partial charge on any atom is -0.322 e. The molecule has 1 amide bonds. The van der Waals surface area contributed by atoms with Crippen LogP contribution >= 0.6 is 0 Å². The Morgan fingerprint density at radius 3 is 2.50 bits per heavy atom. The molecule has 0 bridgehead atoms. The Bertz CT molecular complexity index is 1240. The Morgan fingerprint density at radius 2 is 1.87 bits per heavy atom. The number of aromatic nitrogens is 3. The molecule has 2 N–H and O–H groups in total. The molecule has 30 heavy (non-hydrogen) atoms. The molecule has 1 aromatic carbocycles. The number of anilines is 1. The van der Waals surface area contributed by atoms with Gasteiger partial charge in [-0.3, -0.25) is 19.1 Å². The number of H-pyrrole nitrogens is 1. The maximum Gasteiger partial charge on any atom is 0.330 e. The largest absolute Gasteiger partial charge is 0.330 e. The van der Waals surface area contributed by atoms with Crippen molar-refractivity contribution in [3.8, 4) is 0 Å². The standard InChI is InChI=1S/C23H28N4O3/c1-12(2)11-27-20-19(22(29)26-23(27)30)16(10-18(24-20)13(3)4)21(28)25-17-9-7-8-14(5)15(17)6/h7-10,12-13H,11H2,1-6H3,(H,25,28)(H,26,29,30). The molecule has 3 rings (SSSR count). The first kappa shape index (κ1) is 21.5. The van der Waals surface area contributed by atoms with Crippen LogP contribution in [0.5, 0.6) is 0 Å². The highest BCUT2D eigenvalue weighted by Gasteiger charge is 2.21. The molecule has 3 aromatic rings. The second-order valence-electron chi connectivity index (χ2n) is 8.41. The molecule has 7 nitrogen and oxygen atoms in total. The van der Waals surface area contributed by atoms with E-state index < -0.39 is 17.2 Å². The van der Waals surface area contributed by atoms with Gasteiger partial charge >= 0.3 is 5.69 Å². The van der Waals surface area contributed by atoms with E-state index in [1.54, 1.807) is 6.07 Å². The number of benzene rings is 1. The van der Waals surface area contributed by atoms with Crippen LogP contribution < -0.4 is 16.6 Å². The van der Waals surface area contributed by atoms with E-state index in [0.29, 0.717) is 17.9 Å². The highest BCUT2D eigenvalue weighted by molar-refractivity contribution is 6.12. The Labute approximate surface area is 175 Å². The minimum absolute atomic E-state index is 0.0172. The summed E-state index contributed by atoms with van der Waals surface area (Å²) in [7, 11) is 0. The van der Waals surface area contributed by atoms with E-state index in [2.05, 4.69) is 15.3 Å². The first-order valence-electron chi connectivity index (χ1n) is 10.2. The van der Waals surface area contributed by atoms with Gasteiger partial charge in [0.05, 0.1) is 10.9 Å². The average molecular weight is 409 g/mol. The lowest BCUT2D eigenvalue weighted by atomic mass is 10.0. The molecule has 2 heterocycles. The zero-order valence-corrected chi connectivity index (χ0v) is 18.3. The Hall–Kier alpha value is -3.22. The first-order chi connectivity index (χ1) is 14.1. The zero-order valence-electron chi connectivity index (χ0n) is 18.3. The quantitative estimate of drug-likeness (QED) is 0.672. The van der Waals surface area contributed by atoms with Crippen LogP contribution in [-0.4, -0.2) is 20.4 Å². The van der Waals surface area contributed by atoms with Crippen LogP contribution in [0.2, 0.25) is 0 Å². The van der Waals surface area contributed by atoms with E-state index in [4.69, 9.17) is 0 Å². The topological polar surface area (TPSA) is 96.8 Å². The number of fused-ring (bicyclic) bond motifs is 1. The van der Waals surface area contributed by atoms with Crippen molar-refractivity contribution in [1.29, 1.82) is 0 Å². The molecular formula is C23H28N4O3. The third kappa shape index (κ3) is 4.06. The summed E-state index contributed by atoms with van der Waals surface area (Å²) in [5, 5.41) is 3.05. The lowest BCUT2D eigenvalue weighted by molar-refractivity contribution is 0.102. The number of pyridine rings is 1. The maximum absolute atomic E-state index is 13.3. The number of hydrogen-bond donors (Lipinski definition) is 2. The summed E-state index contributed by atoms with van der Waals surface area (Å²) in [6.07, 6.45) is 0. The summed E-state index contributed by atoms with van der Waals surface area (Å²) in [6, 6.07) is 7.31. The van der Waals surface area contributed by atoms with E-state index in [9.17, 15) is 14.4 Å². The van der Waals surface area contributed by atoms with Gasteiger partial charge in [0.2, 0.25) is 0 Å². The van der Waals surface area contributed by atoms with Crippen LogP contribution in [0, 0.1) is 19.8 Å². The van der Waals surface area contributed by atoms with Gasteiger partial charge in [-0.05, 0) is 48.9 Å². The maximum atomic E-state index is 13.3. The van der Waals surface area contributed by atoms with Gasteiger partial charge in [0.15, 0.2) is 5.65 Å². The number of hydrogen-bond acceptors (Lipinski definition) is 4. The number of nitrogens with one attached hydrogen (secondary N) is 2. The van der Waals surface area contributed by atoms with Crippen molar-refractivity contribution in [2.45, 2.75) is 54.0 Å². The molecule has 0 atom stereocenters. The third-order valence-corrected chi connectivity index (χ3v) is 5.21. The first-order valence-corrected chi connectivity index (χ1v) is 10.2. The van der Waals surface area contributed by atoms with Crippen molar-refractivity contribution >= 4 is 22.6 Å². The predicted octanol–water partition coefficient (Wildman–Crippen LogP) is 3.73. The number of aryl methyl sites for hydroxylation is 1. The fraction of sp³-hybridized carbons (Fsp3) is 0.391. The van der Waals surface area contributed by atoms with Crippen molar-refractivity contribution in [1.82, 2.24) is 14.5 Å². The lowest BCUT2D eigenvalue weighted by Crippen LogP contribution is -2.33.